The normalized spacial score (nSPS) is 18.9. The van der Waals surface area contributed by atoms with Crippen molar-refractivity contribution in [3.05, 3.63) is 64.7 Å². The van der Waals surface area contributed by atoms with Crippen LogP contribution < -0.4 is 10.1 Å². The van der Waals surface area contributed by atoms with Crippen molar-refractivity contribution in [2.75, 3.05) is 26.3 Å². The lowest BCUT2D eigenvalue weighted by molar-refractivity contribution is -0.192. The molecule has 0 bridgehead atoms. The van der Waals surface area contributed by atoms with Crippen LogP contribution in [0.4, 0.5) is 13.2 Å². The van der Waals surface area contributed by atoms with Crippen molar-refractivity contribution in [3.8, 4) is 5.75 Å². The van der Waals surface area contributed by atoms with Crippen LogP contribution in [0.1, 0.15) is 77.3 Å². The molecule has 0 aromatic heterocycles. The van der Waals surface area contributed by atoms with Gasteiger partial charge in [-0.25, -0.2) is 4.79 Å². The van der Waals surface area contributed by atoms with Crippen LogP contribution in [0.5, 0.6) is 5.75 Å². The van der Waals surface area contributed by atoms with Crippen LogP contribution in [0.2, 0.25) is 0 Å². The van der Waals surface area contributed by atoms with E-state index in [0.717, 1.165) is 37.1 Å². The number of hydrogen-bond acceptors (Lipinski definition) is 6. The smallest absolute Gasteiger partial charge is 0.490 e. The van der Waals surface area contributed by atoms with Gasteiger partial charge in [-0.2, -0.15) is 13.2 Å². The number of ketones is 2. The van der Waals surface area contributed by atoms with Crippen LogP contribution >= 0.6 is 0 Å². The van der Waals surface area contributed by atoms with Crippen molar-refractivity contribution >= 4 is 17.5 Å². The molecule has 2 aromatic rings. The molecule has 7 nitrogen and oxygen atoms in total. The fourth-order valence-electron chi connectivity index (χ4n) is 5.06. The van der Waals surface area contributed by atoms with Gasteiger partial charge < -0.3 is 20.3 Å². The number of ether oxygens (including phenoxy) is 1. The summed E-state index contributed by atoms with van der Waals surface area (Å²) in [5.74, 6) is -1.55. The molecule has 0 amide bonds. The van der Waals surface area contributed by atoms with Gasteiger partial charge in [0.1, 0.15) is 12.4 Å². The third-order valence-corrected chi connectivity index (χ3v) is 7.32. The van der Waals surface area contributed by atoms with E-state index in [1.165, 1.54) is 12.8 Å². The molecule has 0 saturated carbocycles. The summed E-state index contributed by atoms with van der Waals surface area (Å²) in [6.45, 7) is 4.04. The highest BCUT2D eigenvalue weighted by molar-refractivity contribution is 6.04. The van der Waals surface area contributed by atoms with Crippen molar-refractivity contribution < 1.29 is 42.5 Å². The number of rotatable bonds is 9. The summed E-state index contributed by atoms with van der Waals surface area (Å²) in [6.07, 6.45) is -0.00255. The summed E-state index contributed by atoms with van der Waals surface area (Å²) >= 11 is 0. The van der Waals surface area contributed by atoms with Crippen LogP contribution in [0.3, 0.4) is 0 Å². The Kier molecular flexibility index (Phi) is 10.3. The number of piperidine rings is 1. The highest BCUT2D eigenvalue weighted by Gasteiger charge is 2.44. The Morgan fingerprint density at radius 2 is 1.72 bits per heavy atom. The molecule has 0 aliphatic carbocycles. The van der Waals surface area contributed by atoms with Crippen LogP contribution in [-0.2, 0) is 10.2 Å². The van der Waals surface area contributed by atoms with E-state index in [0.29, 0.717) is 35.6 Å². The molecule has 39 heavy (non-hydrogen) atoms. The fourth-order valence-corrected chi connectivity index (χ4v) is 5.06. The second-order valence-corrected chi connectivity index (χ2v) is 9.88. The molecule has 212 valence electrons. The topological polar surface area (TPSA) is 113 Å². The van der Waals surface area contributed by atoms with Gasteiger partial charge in [0.25, 0.3) is 0 Å². The number of halogens is 3. The molecular formula is C29H34F3NO6. The number of aliphatic hydroxyl groups is 1. The highest BCUT2D eigenvalue weighted by atomic mass is 19.4. The van der Waals surface area contributed by atoms with Gasteiger partial charge in [0.15, 0.2) is 11.6 Å². The Hall–Kier alpha value is -3.24. The van der Waals surface area contributed by atoms with Crippen molar-refractivity contribution in [3.63, 3.8) is 0 Å². The lowest BCUT2D eigenvalue weighted by Crippen LogP contribution is -2.33. The zero-order valence-electron chi connectivity index (χ0n) is 21.9. The number of nitrogens with one attached hydrogen (secondary N) is 1. The van der Waals surface area contributed by atoms with E-state index in [4.69, 9.17) is 14.6 Å². The Balaban J connectivity index is 0.000000532. The number of carbonyl (C=O) groups excluding carboxylic acids is 2. The Labute approximate surface area is 225 Å². The first kappa shape index (κ1) is 30.3. The van der Waals surface area contributed by atoms with Gasteiger partial charge in [-0.05, 0) is 62.4 Å². The van der Waals surface area contributed by atoms with Crippen LogP contribution in [0.25, 0.3) is 0 Å². The fraction of sp³-hybridized carbons (Fsp3) is 0.483. The van der Waals surface area contributed by atoms with Crippen molar-refractivity contribution in [2.45, 2.75) is 57.0 Å². The molecule has 1 unspecified atom stereocenters. The Morgan fingerprint density at radius 1 is 1.08 bits per heavy atom. The van der Waals surface area contributed by atoms with Gasteiger partial charge in [0.2, 0.25) is 0 Å². The van der Waals surface area contributed by atoms with Crippen LogP contribution in [0, 0.1) is 5.92 Å². The lowest BCUT2D eigenvalue weighted by Gasteiger charge is -2.26. The minimum absolute atomic E-state index is 0.0487. The Bertz CT molecular complexity index is 1160. The summed E-state index contributed by atoms with van der Waals surface area (Å²) < 4.78 is 37.7. The van der Waals surface area contributed by atoms with E-state index in [-0.39, 0.29) is 24.8 Å². The number of benzene rings is 2. The molecule has 1 saturated heterocycles. The van der Waals surface area contributed by atoms with Gasteiger partial charge >= 0.3 is 12.1 Å². The Morgan fingerprint density at radius 3 is 2.28 bits per heavy atom. The number of aliphatic hydroxyl groups excluding tert-OH is 1. The molecule has 1 fully saturated rings. The van der Waals surface area contributed by atoms with E-state index >= 15 is 0 Å². The van der Waals surface area contributed by atoms with Crippen LogP contribution in [0.15, 0.2) is 42.5 Å². The second-order valence-electron chi connectivity index (χ2n) is 9.88. The van der Waals surface area contributed by atoms with E-state index in [1.807, 2.05) is 43.3 Å². The van der Waals surface area contributed by atoms with Gasteiger partial charge in [-0.15, -0.1) is 0 Å². The zero-order valence-corrected chi connectivity index (χ0v) is 21.9. The number of Topliss-reactive ketones (excluding diaryl/α,β-unsaturated/α-hetero) is 2. The maximum absolute atomic E-state index is 13.2. The molecular weight excluding hydrogens is 515 g/mol. The average Bonchev–Trinajstić information content (AvgIpc) is 3.32. The number of carbonyl (C=O) groups is 3. The van der Waals surface area contributed by atoms with Gasteiger partial charge in [0, 0.05) is 24.0 Å². The molecule has 1 atom stereocenters. The lowest BCUT2D eigenvalue weighted by atomic mass is 9.75. The van der Waals surface area contributed by atoms with Crippen molar-refractivity contribution in [2.24, 2.45) is 5.92 Å². The number of carboxylic acid groups (broad SMARTS) is 1. The zero-order chi connectivity index (χ0) is 28.6. The molecule has 3 N–H and O–H groups in total. The molecule has 10 heteroatoms. The maximum atomic E-state index is 13.2. The van der Waals surface area contributed by atoms with Crippen molar-refractivity contribution in [1.29, 1.82) is 0 Å². The molecule has 2 aromatic carbocycles. The predicted molar refractivity (Wildman–Crippen MR) is 138 cm³/mol. The third-order valence-electron chi connectivity index (χ3n) is 7.32. The van der Waals surface area contributed by atoms with Crippen molar-refractivity contribution in [1.82, 2.24) is 5.32 Å². The summed E-state index contributed by atoms with van der Waals surface area (Å²) in [6, 6.07) is 13.3. The first-order chi connectivity index (χ1) is 18.5. The molecule has 4 rings (SSSR count). The minimum atomic E-state index is -5.08. The first-order valence-corrected chi connectivity index (χ1v) is 13.1. The average molecular weight is 550 g/mol. The van der Waals surface area contributed by atoms with Gasteiger partial charge in [0.05, 0.1) is 17.6 Å². The second kappa shape index (κ2) is 13.2. The summed E-state index contributed by atoms with van der Waals surface area (Å²) in [5, 5.41) is 21.0. The molecule has 0 radical (unpaired) electrons. The highest BCUT2D eigenvalue weighted by Crippen LogP contribution is 2.46. The largest absolute Gasteiger partial charge is 0.491 e. The SMILES string of the molecule is CCC(=O)c1cc(C(=O)CCCC2CCNCC2)cc2c1OCC2(CO)c1ccccc1.O=C(O)C(F)(F)F. The predicted octanol–water partition coefficient (Wildman–Crippen LogP) is 4.94. The quantitative estimate of drug-likeness (QED) is 0.380. The minimum Gasteiger partial charge on any atom is -0.491 e. The standard InChI is InChI=1S/C27H33NO4.C2HF3O2/c1-2-24(30)22-15-20(25(31)10-6-7-19-11-13-28-14-12-19)16-23-26(22)32-18-27(23,17-29)21-8-4-3-5-9-21;3-2(4,5)1(6)7/h3-5,8-9,15-16,19,28-29H,2,6-7,10-14,17-18H2,1H3;(H,6,7). The summed E-state index contributed by atoms with van der Waals surface area (Å²) in [7, 11) is 0. The number of alkyl halides is 3. The summed E-state index contributed by atoms with van der Waals surface area (Å²) in [5.41, 5.74) is 1.90. The van der Waals surface area contributed by atoms with Crippen LogP contribution in [-0.4, -0.2) is 60.2 Å². The first-order valence-electron chi connectivity index (χ1n) is 13.1. The van der Waals surface area contributed by atoms with E-state index < -0.39 is 17.6 Å². The molecule has 2 aliphatic heterocycles. The van der Waals surface area contributed by atoms with Gasteiger partial charge in [-0.1, -0.05) is 37.3 Å². The molecule has 2 aliphatic rings. The monoisotopic (exact) mass is 549 g/mol. The molecule has 2 heterocycles. The molecule has 0 spiro atoms. The number of carboxylic acids is 1. The van der Waals surface area contributed by atoms with Gasteiger partial charge in [-0.3, -0.25) is 9.59 Å². The van der Waals surface area contributed by atoms with E-state index in [9.17, 15) is 27.9 Å². The van der Waals surface area contributed by atoms with E-state index in [2.05, 4.69) is 5.32 Å². The number of hydrogen-bond donors (Lipinski definition) is 3. The summed E-state index contributed by atoms with van der Waals surface area (Å²) in [4.78, 5) is 34.8. The van der Waals surface area contributed by atoms with E-state index in [1.54, 1.807) is 6.07 Å². The maximum Gasteiger partial charge on any atom is 0.490 e. The third kappa shape index (κ3) is 7.24. The number of fused-ring (bicyclic) bond motifs is 1. The number of aliphatic carboxylic acids is 1.